The number of ether oxygens (including phenoxy) is 1. The highest BCUT2D eigenvalue weighted by atomic mass is 19.1. The molecule has 2 rings (SSSR count). The molecule has 5 nitrogen and oxygen atoms in total. The van der Waals surface area contributed by atoms with E-state index in [0.29, 0.717) is 5.56 Å². The van der Waals surface area contributed by atoms with E-state index in [1.807, 2.05) is 0 Å². The van der Waals surface area contributed by atoms with Crippen LogP contribution in [-0.4, -0.2) is 51.6 Å². The number of rotatable bonds is 1. The van der Waals surface area contributed by atoms with Gasteiger partial charge in [0, 0.05) is 6.07 Å². The normalized spacial score (nSPS) is 29.8. The quantitative estimate of drug-likeness (QED) is 0.566. The van der Waals surface area contributed by atoms with Gasteiger partial charge in [0.05, 0.1) is 6.61 Å². The van der Waals surface area contributed by atoms with Crippen molar-refractivity contribution in [2.24, 2.45) is 0 Å². The molecule has 0 unspecified atom stereocenters. The fourth-order valence-electron chi connectivity index (χ4n) is 1.45. The molecule has 1 aliphatic heterocycles. The van der Waals surface area contributed by atoms with Crippen LogP contribution in [0.4, 0.5) is 8.78 Å². The van der Waals surface area contributed by atoms with Gasteiger partial charge in [0.2, 0.25) is 0 Å². The van der Waals surface area contributed by atoms with Gasteiger partial charge in [-0.05, 0) is 18.6 Å². The predicted octanol–water partition coefficient (Wildman–Crippen LogP) is -0.309. The monoisotopic (exact) mass is 278 g/mol. The SMILES string of the molecule is Cc1ccc(F)cc1F.OC[C@H]1O[C@@H](O)[C@H](O)[C@@H]1O. The van der Waals surface area contributed by atoms with Crippen LogP contribution in [0.2, 0.25) is 0 Å². The number of hydrogen-bond acceptors (Lipinski definition) is 5. The largest absolute Gasteiger partial charge is 0.394 e. The lowest BCUT2D eigenvalue weighted by atomic mass is 10.1. The van der Waals surface area contributed by atoms with Gasteiger partial charge < -0.3 is 25.2 Å². The summed E-state index contributed by atoms with van der Waals surface area (Å²) in [5.74, 6) is -1.02. The summed E-state index contributed by atoms with van der Waals surface area (Å²) in [5.41, 5.74) is 0.469. The van der Waals surface area contributed by atoms with E-state index in [1.165, 1.54) is 12.1 Å². The highest BCUT2D eigenvalue weighted by Gasteiger charge is 2.41. The third kappa shape index (κ3) is 4.19. The van der Waals surface area contributed by atoms with Gasteiger partial charge in [-0.25, -0.2) is 8.78 Å². The van der Waals surface area contributed by atoms with Crippen LogP contribution in [0.15, 0.2) is 18.2 Å². The molecule has 0 amide bonds. The molecular formula is C12H16F2O5. The summed E-state index contributed by atoms with van der Waals surface area (Å²) in [6, 6.07) is 3.51. The minimum absolute atomic E-state index is 0.407. The molecule has 108 valence electrons. The second-order valence-corrected chi connectivity index (χ2v) is 4.12. The van der Waals surface area contributed by atoms with E-state index in [2.05, 4.69) is 4.74 Å². The van der Waals surface area contributed by atoms with Crippen LogP contribution in [0.25, 0.3) is 0 Å². The first kappa shape index (κ1) is 15.9. The number of aliphatic hydroxyl groups is 4. The van der Waals surface area contributed by atoms with E-state index >= 15 is 0 Å². The summed E-state index contributed by atoms with van der Waals surface area (Å²) in [6.07, 6.45) is -4.76. The second-order valence-electron chi connectivity index (χ2n) is 4.12. The minimum Gasteiger partial charge on any atom is -0.394 e. The fraction of sp³-hybridized carbons (Fsp3) is 0.500. The van der Waals surface area contributed by atoms with Crippen molar-refractivity contribution in [1.29, 1.82) is 0 Å². The van der Waals surface area contributed by atoms with Crippen molar-refractivity contribution in [3.05, 3.63) is 35.4 Å². The molecule has 1 saturated heterocycles. The molecule has 0 aliphatic carbocycles. The highest BCUT2D eigenvalue weighted by Crippen LogP contribution is 2.18. The lowest BCUT2D eigenvalue weighted by molar-refractivity contribution is -0.132. The number of aryl methyl sites for hydroxylation is 1. The van der Waals surface area contributed by atoms with Gasteiger partial charge in [-0.15, -0.1) is 0 Å². The molecule has 7 heteroatoms. The van der Waals surface area contributed by atoms with E-state index in [-0.39, 0.29) is 0 Å². The van der Waals surface area contributed by atoms with Crippen molar-refractivity contribution in [2.75, 3.05) is 6.61 Å². The average molecular weight is 278 g/mol. The maximum atomic E-state index is 12.3. The number of benzene rings is 1. The predicted molar refractivity (Wildman–Crippen MR) is 61.1 cm³/mol. The van der Waals surface area contributed by atoms with E-state index in [0.717, 1.165) is 6.07 Å². The van der Waals surface area contributed by atoms with E-state index in [9.17, 15) is 8.78 Å². The van der Waals surface area contributed by atoms with Crippen molar-refractivity contribution in [1.82, 2.24) is 0 Å². The van der Waals surface area contributed by atoms with Crippen molar-refractivity contribution in [3.63, 3.8) is 0 Å². The topological polar surface area (TPSA) is 90.2 Å². The Morgan fingerprint density at radius 2 is 1.79 bits per heavy atom. The maximum absolute atomic E-state index is 12.3. The van der Waals surface area contributed by atoms with Gasteiger partial charge in [0.15, 0.2) is 6.29 Å². The number of aliphatic hydroxyl groups excluding tert-OH is 4. The first-order valence-corrected chi connectivity index (χ1v) is 5.59. The molecule has 0 spiro atoms. The first-order chi connectivity index (χ1) is 8.86. The third-order valence-corrected chi connectivity index (χ3v) is 2.65. The number of hydrogen-bond donors (Lipinski definition) is 4. The minimum atomic E-state index is -1.38. The third-order valence-electron chi connectivity index (χ3n) is 2.65. The molecule has 4 N–H and O–H groups in total. The zero-order valence-corrected chi connectivity index (χ0v) is 10.2. The Hall–Kier alpha value is -1.12. The van der Waals surface area contributed by atoms with Gasteiger partial charge >= 0.3 is 0 Å². The standard InChI is InChI=1S/C7H6F2.C5H10O5/c1-5-2-3-6(8)4-7(5)9;6-1-2-3(7)4(8)5(9)10-2/h2-4H,1H3;2-9H,1H2/t;2-,3-,4-,5-/m.1/s1. The molecular weight excluding hydrogens is 262 g/mol. The molecule has 1 aromatic rings. The zero-order chi connectivity index (χ0) is 14.6. The zero-order valence-electron chi connectivity index (χ0n) is 10.2. The molecule has 19 heavy (non-hydrogen) atoms. The Kier molecular flexibility index (Phi) is 5.77. The number of halogens is 2. The van der Waals surface area contributed by atoms with Crippen LogP contribution in [0.1, 0.15) is 5.56 Å². The molecule has 1 aliphatic rings. The Labute approximate surface area is 108 Å². The first-order valence-electron chi connectivity index (χ1n) is 5.59. The van der Waals surface area contributed by atoms with Crippen LogP contribution >= 0.6 is 0 Å². The summed E-state index contributed by atoms with van der Waals surface area (Å²) in [6.45, 7) is 1.18. The van der Waals surface area contributed by atoms with Gasteiger partial charge in [-0.2, -0.15) is 0 Å². The lowest BCUT2D eigenvalue weighted by Gasteiger charge is -2.09. The van der Waals surface area contributed by atoms with Crippen molar-refractivity contribution in [3.8, 4) is 0 Å². The maximum Gasteiger partial charge on any atom is 0.184 e. The molecule has 0 aromatic heterocycles. The van der Waals surface area contributed by atoms with Crippen LogP contribution in [0, 0.1) is 18.6 Å². The van der Waals surface area contributed by atoms with E-state index in [4.69, 9.17) is 20.4 Å². The Balaban J connectivity index is 0.000000191. The molecule has 1 heterocycles. The smallest absolute Gasteiger partial charge is 0.184 e. The second kappa shape index (κ2) is 6.88. The average Bonchev–Trinajstić information content (AvgIpc) is 2.62. The molecule has 1 aromatic carbocycles. The van der Waals surface area contributed by atoms with E-state index in [1.54, 1.807) is 6.92 Å². The highest BCUT2D eigenvalue weighted by molar-refractivity contribution is 5.16. The Morgan fingerprint density at radius 3 is 2.11 bits per heavy atom. The van der Waals surface area contributed by atoms with Gasteiger partial charge in [0.1, 0.15) is 29.9 Å². The Bertz CT molecular complexity index is 415. The van der Waals surface area contributed by atoms with Crippen LogP contribution < -0.4 is 0 Å². The van der Waals surface area contributed by atoms with E-state index < -0.39 is 42.8 Å². The molecule has 0 bridgehead atoms. The lowest BCUT2D eigenvalue weighted by Crippen LogP contribution is -2.33. The van der Waals surface area contributed by atoms with Crippen molar-refractivity contribution in [2.45, 2.75) is 31.5 Å². The van der Waals surface area contributed by atoms with Crippen molar-refractivity contribution < 1.29 is 33.9 Å². The van der Waals surface area contributed by atoms with Gasteiger partial charge in [-0.1, -0.05) is 6.07 Å². The fourth-order valence-corrected chi connectivity index (χ4v) is 1.45. The summed E-state index contributed by atoms with van der Waals surface area (Å²) in [7, 11) is 0. The van der Waals surface area contributed by atoms with Crippen LogP contribution in [0.5, 0.6) is 0 Å². The van der Waals surface area contributed by atoms with Crippen LogP contribution in [-0.2, 0) is 4.74 Å². The molecule has 1 fully saturated rings. The molecule has 4 atom stereocenters. The van der Waals surface area contributed by atoms with Crippen molar-refractivity contribution >= 4 is 0 Å². The van der Waals surface area contributed by atoms with Gasteiger partial charge in [0.25, 0.3) is 0 Å². The summed E-state index contributed by atoms with van der Waals surface area (Å²) >= 11 is 0. The molecule has 0 saturated carbocycles. The van der Waals surface area contributed by atoms with Crippen LogP contribution in [0.3, 0.4) is 0 Å². The van der Waals surface area contributed by atoms with Gasteiger partial charge in [-0.3, -0.25) is 0 Å². The summed E-state index contributed by atoms with van der Waals surface area (Å²) in [5, 5.41) is 35.0. The Morgan fingerprint density at radius 1 is 1.16 bits per heavy atom. The molecule has 0 radical (unpaired) electrons. The summed E-state index contributed by atoms with van der Waals surface area (Å²) in [4.78, 5) is 0. The summed E-state index contributed by atoms with van der Waals surface area (Å²) < 4.78 is 29.0.